The van der Waals surface area contributed by atoms with Gasteiger partial charge in [0.25, 0.3) is 0 Å². The van der Waals surface area contributed by atoms with Crippen LogP contribution >= 0.6 is 11.8 Å². The number of carbonyl (C=O) groups is 14. The summed E-state index contributed by atoms with van der Waals surface area (Å²) in [6, 6.07) is 35.8. The van der Waals surface area contributed by atoms with Crippen LogP contribution in [0.2, 0.25) is 0 Å². The zero-order valence-corrected chi connectivity index (χ0v) is 64.7. The van der Waals surface area contributed by atoms with E-state index < -0.39 is 122 Å². The Balaban J connectivity index is 0.000000448. The summed E-state index contributed by atoms with van der Waals surface area (Å²) < 4.78 is 35.2. The number of Topliss-reactive ketones (excluding diaryl/α,β-unsaturated/α-hetero) is 8. The van der Waals surface area contributed by atoms with Gasteiger partial charge in [-0.25, -0.2) is 13.2 Å². The van der Waals surface area contributed by atoms with Crippen molar-refractivity contribution in [3.05, 3.63) is 196 Å². The molecule has 0 radical (unpaired) electrons. The lowest BCUT2D eigenvalue weighted by molar-refractivity contribution is -0.437. The maximum absolute atomic E-state index is 12.2. The number of hydrogen-bond acceptors (Lipinski definition) is 23. The minimum atomic E-state index is -3.61. The standard InChI is InChI=1S/C15H17NO4.C14H17NO4.C13H17NO3.C12H15NO5S.C12H15NO4S.C12H15NO3S/c16-12(15(19)20)8-9-4-6-10(7-5-9)14(18)11-2-1-3-13(11)17;1-8(2)12(16)13(17)10-5-3-9(4-6-10)7-11(15)14(18)19;1-9(15)2-3-10-4-6-11(7-5-10)8-12(14)13(16)17;1-8(14)7-19(17,18)10-4-2-9(3-5-10)6-11(13)12(15)16;1-8(14)7-18(17)10-4-2-9(3-5-10)6-11(13)12(15)16;1-8(14)7-17-10-4-2-9(3-5-10)6-11(13)12(15)16/h4-7,11-12H,1-3,8,16H2,(H,19,20);3-6,8,11H,7,15H2,1-2H3,(H,18,19);4-7,12H,2-3,8,14H2,1H3,(H,16,17);2-5,11H,6-7,13H2,1H3,(H,15,16);2-5,11H,6-7,13H2,1H3,(H,15,16);2-5,11H,6-7,13H2,1H3,(H,15,16)/p+1/t11?,12-;11-;12-;11-;11-,18?;11-/m000000/s1. The summed E-state index contributed by atoms with van der Waals surface area (Å²) in [6.45, 7) is 9.07. The molecule has 19 N–H and O–H groups in total. The molecule has 0 spiro atoms. The second-order valence-electron chi connectivity index (χ2n) is 26.5. The van der Waals surface area contributed by atoms with E-state index in [9.17, 15) is 105 Å². The van der Waals surface area contributed by atoms with Gasteiger partial charge in [0, 0.05) is 78.2 Å². The number of sulfone groups is 1. The summed E-state index contributed by atoms with van der Waals surface area (Å²) in [5.41, 5.74) is 27.6. The topological polar surface area (TPSA) is 592 Å². The largest absolute Gasteiger partial charge is 0.544 e. The van der Waals surface area contributed by atoms with Crippen LogP contribution in [0.15, 0.2) is 160 Å². The highest BCUT2D eigenvalue weighted by Crippen LogP contribution is 2.26. The van der Waals surface area contributed by atoms with Gasteiger partial charge in [0.15, 0.2) is 21.7 Å². The third-order valence-corrected chi connectivity index (χ3v) is 20.5. The molecular weight excluding hydrogens is 1490 g/mol. The van der Waals surface area contributed by atoms with E-state index in [1.165, 1.54) is 49.9 Å². The highest BCUT2D eigenvalue weighted by Gasteiger charge is 2.32. The van der Waals surface area contributed by atoms with Gasteiger partial charge in [0.2, 0.25) is 11.6 Å². The number of ketones is 8. The Morgan fingerprint density at radius 1 is 0.473 bits per heavy atom. The van der Waals surface area contributed by atoms with Crippen molar-refractivity contribution in [3.63, 3.8) is 0 Å². The van der Waals surface area contributed by atoms with Gasteiger partial charge < -0.3 is 93.8 Å². The van der Waals surface area contributed by atoms with Crippen molar-refractivity contribution >= 4 is 114 Å². The average Bonchev–Trinajstić information content (AvgIpc) is 1.49. The second kappa shape index (κ2) is 48.3. The molecule has 0 saturated heterocycles. The molecule has 2 unspecified atom stereocenters. The Bertz CT molecular complexity index is 4210. The minimum absolute atomic E-state index is 0.00362. The van der Waals surface area contributed by atoms with Crippen LogP contribution in [0.25, 0.3) is 0 Å². The van der Waals surface area contributed by atoms with Gasteiger partial charge in [-0.2, -0.15) is 0 Å². The monoisotopic (exact) mass is 1580 g/mol. The summed E-state index contributed by atoms with van der Waals surface area (Å²) in [7, 11) is -4.95. The molecule has 0 amide bonds. The molecule has 7 rings (SSSR count). The van der Waals surface area contributed by atoms with Gasteiger partial charge in [-0.05, 0) is 122 Å². The summed E-state index contributed by atoms with van der Waals surface area (Å²) in [5.74, 6) is -9.10. The van der Waals surface area contributed by atoms with E-state index >= 15 is 0 Å². The molecule has 0 aromatic heterocycles. The number of rotatable bonds is 35. The normalized spacial score (nSPS) is 14.0. The Morgan fingerprint density at radius 2 is 0.818 bits per heavy atom. The molecule has 1 fully saturated rings. The van der Waals surface area contributed by atoms with Crippen LogP contribution in [0.4, 0.5) is 0 Å². The molecule has 0 bridgehead atoms. The molecule has 6 aromatic carbocycles. The smallest absolute Gasteiger partial charge is 0.362 e. The second-order valence-corrected chi connectivity index (χ2v) is 30.9. The molecule has 8 atom stereocenters. The zero-order valence-electron chi connectivity index (χ0n) is 62.3. The van der Waals surface area contributed by atoms with Gasteiger partial charge in [0.05, 0.1) is 63.0 Å². The van der Waals surface area contributed by atoms with Gasteiger partial charge in [0.1, 0.15) is 64.9 Å². The SMILES string of the molecule is CC(=O)CCc1ccc(C[C@H]([NH3+])C(=O)[O-])cc1.CC(=O)CS(=O)(=O)c1ccc(C[C@H]([NH3+])C(=O)[O-])cc1.CC(=O)CS(=O)c1ccc(C[C@H]([NH3+])C(=O)[O-])cc1.CC(=O)CSc1ccc(C[C@H]([NH3+])C(=O)[O-])cc1.CC(C)C(=O)C(=O)c1ccc(C[C@H]([NH3+])C(=O)O)cc1.[NH3+][C@@H](Cc1ccc(C(=O)C2CCCC2=O)cc1)C(=O)[O-]. The number of quaternary nitrogens is 6. The molecule has 594 valence electrons. The van der Waals surface area contributed by atoms with Gasteiger partial charge in [-0.3, -0.25) is 37.8 Å². The van der Waals surface area contributed by atoms with Crippen molar-refractivity contribution in [1.82, 2.24) is 0 Å². The lowest BCUT2D eigenvalue weighted by Gasteiger charge is -2.10. The number of carboxylic acids is 6. The molecule has 0 heterocycles. The third-order valence-electron chi connectivity index (χ3n) is 16.1. The molecular formula is C78H97N6O23S3+. The van der Waals surface area contributed by atoms with E-state index in [4.69, 9.17) is 5.11 Å². The van der Waals surface area contributed by atoms with Crippen LogP contribution in [0.3, 0.4) is 0 Å². The number of carbonyl (C=O) groups excluding carboxylic acids is 13. The Hall–Kier alpha value is -10.3. The van der Waals surface area contributed by atoms with Crippen LogP contribution in [-0.2, 0) is 123 Å². The first-order chi connectivity index (χ1) is 51.4. The molecule has 110 heavy (non-hydrogen) atoms. The first kappa shape index (κ1) is 95.8. The van der Waals surface area contributed by atoms with Crippen LogP contribution in [-0.4, -0.2) is 153 Å². The molecule has 1 saturated carbocycles. The van der Waals surface area contributed by atoms with Gasteiger partial charge in [-0.15, -0.1) is 11.8 Å². The summed E-state index contributed by atoms with van der Waals surface area (Å²) in [5, 5.41) is 61.5. The summed E-state index contributed by atoms with van der Waals surface area (Å²) in [4.78, 5) is 155. The molecule has 1 aliphatic carbocycles. The number of aliphatic carboxylic acids is 6. The van der Waals surface area contributed by atoms with E-state index in [2.05, 4.69) is 34.4 Å². The van der Waals surface area contributed by atoms with Crippen molar-refractivity contribution in [2.75, 3.05) is 17.3 Å². The lowest BCUT2D eigenvalue weighted by Crippen LogP contribution is -2.69. The Kier molecular flexibility index (Phi) is 42.0. The first-order valence-electron chi connectivity index (χ1n) is 34.6. The molecule has 29 nitrogen and oxygen atoms in total. The quantitative estimate of drug-likeness (QED) is 0.00843. The van der Waals surface area contributed by atoms with Gasteiger partial charge >= 0.3 is 5.97 Å². The maximum Gasteiger partial charge on any atom is 0.362 e. The molecule has 0 aliphatic heterocycles. The van der Waals surface area contributed by atoms with E-state index in [1.54, 1.807) is 100 Å². The van der Waals surface area contributed by atoms with Crippen molar-refractivity contribution < 1.29 is 145 Å². The molecule has 6 aromatic rings. The van der Waals surface area contributed by atoms with Gasteiger partial charge in [-0.1, -0.05) is 123 Å². The predicted molar refractivity (Wildman–Crippen MR) is 390 cm³/mol. The first-order valence-corrected chi connectivity index (χ1v) is 38.5. The summed E-state index contributed by atoms with van der Waals surface area (Å²) >= 11 is 1.47. The van der Waals surface area contributed by atoms with Crippen LogP contribution in [0, 0.1) is 11.8 Å². The number of hydrogen-bond donors (Lipinski definition) is 7. The van der Waals surface area contributed by atoms with E-state index in [1.807, 2.05) is 48.5 Å². The Morgan fingerprint density at radius 3 is 1.15 bits per heavy atom. The maximum atomic E-state index is 12.2. The Labute approximate surface area is 643 Å². The average molecular weight is 1580 g/mol. The van der Waals surface area contributed by atoms with E-state index in [-0.39, 0.29) is 64.7 Å². The fourth-order valence-electron chi connectivity index (χ4n) is 9.81. The van der Waals surface area contributed by atoms with Crippen molar-refractivity contribution in [2.45, 2.75) is 163 Å². The molecule has 1 aliphatic rings. The van der Waals surface area contributed by atoms with Crippen molar-refractivity contribution in [3.8, 4) is 0 Å². The highest BCUT2D eigenvalue weighted by molar-refractivity contribution is 8.00. The summed E-state index contributed by atoms with van der Waals surface area (Å²) in [6.07, 6.45) is 4.88. The van der Waals surface area contributed by atoms with Crippen LogP contribution in [0.1, 0.15) is 127 Å². The number of carboxylic acid groups (broad SMARTS) is 6. The van der Waals surface area contributed by atoms with Crippen LogP contribution < -0.4 is 59.9 Å². The van der Waals surface area contributed by atoms with Crippen LogP contribution in [0.5, 0.6) is 0 Å². The third kappa shape index (κ3) is 37.2. The van der Waals surface area contributed by atoms with Crippen molar-refractivity contribution in [1.29, 1.82) is 0 Å². The predicted octanol–water partition coefficient (Wildman–Crippen LogP) is -5.91. The van der Waals surface area contributed by atoms with E-state index in [0.717, 1.165) is 51.1 Å². The number of thioether (sulfide) groups is 1. The fourth-order valence-corrected chi connectivity index (χ4v) is 12.7. The lowest BCUT2D eigenvalue weighted by atomic mass is 9.94. The number of benzene rings is 6. The van der Waals surface area contributed by atoms with E-state index in [0.29, 0.717) is 65.9 Å². The number of aryl methyl sites for hydroxylation is 1. The highest BCUT2D eigenvalue weighted by atomic mass is 32.2. The van der Waals surface area contributed by atoms with Crippen molar-refractivity contribution in [2.24, 2.45) is 11.8 Å². The zero-order chi connectivity index (χ0) is 83.3. The fraction of sp³-hybridized carbons (Fsp3) is 0.359. The minimum Gasteiger partial charge on any atom is -0.544 e. The molecule has 32 heteroatoms.